The lowest BCUT2D eigenvalue weighted by molar-refractivity contribution is -0.0163. The summed E-state index contributed by atoms with van der Waals surface area (Å²) in [6, 6.07) is 0. The molecule has 4 aliphatic rings. The summed E-state index contributed by atoms with van der Waals surface area (Å²) in [5, 5.41) is 7.87. The lowest BCUT2D eigenvalue weighted by Crippen LogP contribution is -2.32. The molecule has 16 heavy (non-hydrogen) atoms. The third-order valence-corrected chi connectivity index (χ3v) is 5.05. The predicted molar refractivity (Wildman–Crippen MR) is 64.9 cm³/mol. The number of nitrogens with one attached hydrogen (secondary N) is 1. The van der Waals surface area contributed by atoms with E-state index in [1.165, 1.54) is 38.1 Å². The second-order valence-electron chi connectivity index (χ2n) is 5.88. The first kappa shape index (κ1) is 10.8. The number of hydrogen-bond donors (Lipinski definition) is 1. The van der Waals surface area contributed by atoms with Gasteiger partial charge in [-0.1, -0.05) is 5.16 Å². The van der Waals surface area contributed by atoms with Gasteiger partial charge in [-0.25, -0.2) is 0 Å². The van der Waals surface area contributed by atoms with E-state index in [1.807, 2.05) is 0 Å². The number of rotatable bonds is 1. The molecule has 0 aromatic carbocycles. The molecule has 3 nitrogen and oxygen atoms in total. The fraction of sp³-hybridized carbons (Fsp3) is 0.917. The van der Waals surface area contributed by atoms with Gasteiger partial charge in [0.2, 0.25) is 0 Å². The Morgan fingerprint density at radius 2 is 2.12 bits per heavy atom. The molecular weight excluding hydrogens is 224 g/mol. The first-order valence-corrected chi connectivity index (χ1v) is 6.26. The highest BCUT2D eigenvalue weighted by Crippen LogP contribution is 2.56. The van der Waals surface area contributed by atoms with Gasteiger partial charge in [0.25, 0.3) is 0 Å². The van der Waals surface area contributed by atoms with Gasteiger partial charge in [0.15, 0.2) is 0 Å². The van der Waals surface area contributed by atoms with Gasteiger partial charge in [0.05, 0.1) is 5.71 Å². The molecule has 0 bridgehead atoms. The van der Waals surface area contributed by atoms with Crippen molar-refractivity contribution in [2.45, 2.75) is 31.8 Å². The molecule has 2 aliphatic heterocycles. The van der Waals surface area contributed by atoms with E-state index in [9.17, 15) is 0 Å². The molecule has 5 atom stereocenters. The fourth-order valence-corrected chi connectivity index (χ4v) is 4.08. The zero-order valence-corrected chi connectivity index (χ0v) is 10.4. The molecule has 1 unspecified atom stereocenters. The molecule has 0 aromatic rings. The van der Waals surface area contributed by atoms with Crippen molar-refractivity contribution in [2.24, 2.45) is 28.8 Å². The van der Waals surface area contributed by atoms with E-state index in [0.29, 0.717) is 5.92 Å². The summed E-state index contributed by atoms with van der Waals surface area (Å²) in [6.07, 6.45) is 3.82. The van der Waals surface area contributed by atoms with Gasteiger partial charge in [0, 0.05) is 11.8 Å². The van der Waals surface area contributed by atoms with E-state index in [2.05, 4.69) is 17.4 Å². The number of piperidine rings is 1. The van der Waals surface area contributed by atoms with Gasteiger partial charge in [-0.2, -0.15) is 0 Å². The molecule has 0 amide bonds. The molecule has 1 saturated heterocycles. The topological polar surface area (TPSA) is 33.6 Å². The minimum absolute atomic E-state index is 0. The number of nitrogens with zero attached hydrogens (tertiary/aromatic N) is 1. The first-order chi connectivity index (χ1) is 7.30. The molecule has 0 radical (unpaired) electrons. The quantitative estimate of drug-likeness (QED) is 0.761. The first-order valence-electron chi connectivity index (χ1n) is 6.26. The summed E-state index contributed by atoms with van der Waals surface area (Å²) in [7, 11) is 0. The molecule has 0 spiro atoms. The van der Waals surface area contributed by atoms with Crippen LogP contribution in [0.15, 0.2) is 5.16 Å². The van der Waals surface area contributed by atoms with Gasteiger partial charge in [-0.05, 0) is 51.1 Å². The maximum absolute atomic E-state index is 5.71. The average molecular weight is 243 g/mol. The van der Waals surface area contributed by atoms with Crippen molar-refractivity contribution in [1.29, 1.82) is 0 Å². The molecular formula is C12H19ClN2O. The summed E-state index contributed by atoms with van der Waals surface area (Å²) < 4.78 is 0. The molecule has 2 heterocycles. The van der Waals surface area contributed by atoms with E-state index in [0.717, 1.165) is 17.8 Å². The maximum atomic E-state index is 5.71. The van der Waals surface area contributed by atoms with Crippen LogP contribution in [0.1, 0.15) is 26.2 Å². The highest BCUT2D eigenvalue weighted by molar-refractivity contribution is 5.94. The lowest BCUT2D eigenvalue weighted by atomic mass is 9.86. The highest BCUT2D eigenvalue weighted by atomic mass is 35.5. The van der Waals surface area contributed by atoms with Crippen LogP contribution in [-0.2, 0) is 4.84 Å². The van der Waals surface area contributed by atoms with Crippen molar-refractivity contribution < 1.29 is 4.84 Å². The van der Waals surface area contributed by atoms with Gasteiger partial charge < -0.3 is 10.2 Å². The van der Waals surface area contributed by atoms with Crippen LogP contribution in [0.2, 0.25) is 0 Å². The zero-order chi connectivity index (χ0) is 10.0. The summed E-state index contributed by atoms with van der Waals surface area (Å²) in [6.45, 7) is 4.66. The Morgan fingerprint density at radius 3 is 2.88 bits per heavy atom. The van der Waals surface area contributed by atoms with Crippen LogP contribution in [-0.4, -0.2) is 24.4 Å². The van der Waals surface area contributed by atoms with Crippen LogP contribution < -0.4 is 5.32 Å². The standard InChI is InChI=1S/C12H18N2O.ClH/c1-12-4-2-3-9(12)11(14-15-12)10-7-5-13-6-8(7)10;/h7-10,13H,2-6H2,1H3;1H/t7-,8+,9-,10?,12-;/m1./s1. The number of halogens is 1. The van der Waals surface area contributed by atoms with E-state index >= 15 is 0 Å². The third kappa shape index (κ3) is 1.22. The predicted octanol–water partition coefficient (Wildman–Crippen LogP) is 1.82. The van der Waals surface area contributed by atoms with Crippen molar-refractivity contribution in [3.63, 3.8) is 0 Å². The Hall–Kier alpha value is -0.280. The fourth-order valence-electron chi connectivity index (χ4n) is 4.08. The van der Waals surface area contributed by atoms with Crippen LogP contribution in [0.5, 0.6) is 0 Å². The normalized spacial score (nSPS) is 52.4. The number of oxime groups is 1. The Kier molecular flexibility index (Phi) is 2.28. The maximum Gasteiger partial charge on any atom is 0.143 e. The Bertz CT molecular complexity index is 336. The second-order valence-corrected chi connectivity index (χ2v) is 5.88. The summed E-state index contributed by atoms with van der Waals surface area (Å²) in [4.78, 5) is 5.71. The van der Waals surface area contributed by atoms with E-state index in [-0.39, 0.29) is 18.0 Å². The Morgan fingerprint density at radius 1 is 1.38 bits per heavy atom. The molecule has 2 saturated carbocycles. The van der Waals surface area contributed by atoms with Crippen LogP contribution in [0.25, 0.3) is 0 Å². The van der Waals surface area contributed by atoms with Crippen LogP contribution in [0.4, 0.5) is 0 Å². The highest BCUT2D eigenvalue weighted by Gasteiger charge is 2.61. The molecule has 3 fully saturated rings. The van der Waals surface area contributed by atoms with Crippen molar-refractivity contribution in [1.82, 2.24) is 5.32 Å². The van der Waals surface area contributed by atoms with Crippen LogP contribution >= 0.6 is 12.4 Å². The minimum Gasteiger partial charge on any atom is -0.389 e. The zero-order valence-electron chi connectivity index (χ0n) is 9.61. The van der Waals surface area contributed by atoms with Crippen molar-refractivity contribution >= 4 is 18.1 Å². The molecule has 1 N–H and O–H groups in total. The van der Waals surface area contributed by atoms with Gasteiger partial charge in [0.1, 0.15) is 5.60 Å². The molecule has 4 heteroatoms. The number of fused-ring (bicyclic) bond motifs is 2. The van der Waals surface area contributed by atoms with Gasteiger partial charge in [-0.3, -0.25) is 0 Å². The van der Waals surface area contributed by atoms with E-state index < -0.39 is 0 Å². The Balaban J connectivity index is 0.000000810. The third-order valence-electron chi connectivity index (χ3n) is 5.05. The van der Waals surface area contributed by atoms with Gasteiger partial charge in [-0.15, -0.1) is 12.4 Å². The SMILES string of the molecule is C[C@@]12CCC[C@@H]1C(C1[C@H]3CNC[C@@H]13)=NO2.Cl. The Labute approximate surface area is 102 Å². The van der Waals surface area contributed by atoms with Crippen molar-refractivity contribution in [3.05, 3.63) is 0 Å². The average Bonchev–Trinajstić information content (AvgIpc) is 2.63. The summed E-state index contributed by atoms with van der Waals surface area (Å²) in [5.41, 5.74) is 1.49. The number of hydrogen-bond acceptors (Lipinski definition) is 3. The molecule has 2 aliphatic carbocycles. The summed E-state index contributed by atoms with van der Waals surface area (Å²) in [5.74, 6) is 3.19. The van der Waals surface area contributed by atoms with E-state index in [1.54, 1.807) is 0 Å². The largest absolute Gasteiger partial charge is 0.389 e. The monoisotopic (exact) mass is 242 g/mol. The van der Waals surface area contributed by atoms with E-state index in [4.69, 9.17) is 4.84 Å². The van der Waals surface area contributed by atoms with Crippen LogP contribution in [0.3, 0.4) is 0 Å². The smallest absolute Gasteiger partial charge is 0.143 e. The van der Waals surface area contributed by atoms with Crippen molar-refractivity contribution in [2.75, 3.05) is 13.1 Å². The molecule has 90 valence electrons. The second kappa shape index (κ2) is 3.36. The lowest BCUT2D eigenvalue weighted by Gasteiger charge is -2.21. The van der Waals surface area contributed by atoms with Crippen LogP contribution in [0, 0.1) is 23.7 Å². The van der Waals surface area contributed by atoms with Crippen molar-refractivity contribution in [3.8, 4) is 0 Å². The van der Waals surface area contributed by atoms with Gasteiger partial charge >= 0.3 is 0 Å². The molecule has 4 rings (SSSR count). The summed E-state index contributed by atoms with van der Waals surface area (Å²) >= 11 is 0. The molecule has 0 aromatic heterocycles. The minimum atomic E-state index is 0.